The normalized spacial score (nSPS) is 10.3. The van der Waals surface area contributed by atoms with E-state index in [1.165, 1.54) is 22.9 Å². The van der Waals surface area contributed by atoms with Crippen molar-refractivity contribution in [3.8, 4) is 5.69 Å². The van der Waals surface area contributed by atoms with Crippen molar-refractivity contribution in [1.29, 1.82) is 0 Å². The van der Waals surface area contributed by atoms with Gasteiger partial charge in [-0.1, -0.05) is 18.2 Å². The Balaban J connectivity index is 1.69. The summed E-state index contributed by atoms with van der Waals surface area (Å²) in [4.78, 5) is 34.4. The molecule has 28 heavy (non-hydrogen) atoms. The van der Waals surface area contributed by atoms with Crippen LogP contribution in [0.3, 0.4) is 0 Å². The van der Waals surface area contributed by atoms with E-state index in [0.29, 0.717) is 11.3 Å². The molecule has 0 bridgehead atoms. The van der Waals surface area contributed by atoms with Gasteiger partial charge in [0.25, 0.3) is 17.5 Å². The fourth-order valence-corrected chi connectivity index (χ4v) is 2.58. The summed E-state index contributed by atoms with van der Waals surface area (Å²) >= 11 is 0. The third-order valence-corrected chi connectivity index (χ3v) is 4.00. The predicted octanol–water partition coefficient (Wildman–Crippen LogP) is 2.07. The minimum absolute atomic E-state index is 0.0602. The maximum Gasteiger partial charge on any atom is 0.272 e. The van der Waals surface area contributed by atoms with E-state index < -0.39 is 10.8 Å². The van der Waals surface area contributed by atoms with Gasteiger partial charge < -0.3 is 10.6 Å². The van der Waals surface area contributed by atoms with Crippen LogP contribution in [0.15, 0.2) is 60.8 Å². The molecule has 9 heteroatoms. The lowest BCUT2D eigenvalue weighted by atomic mass is 10.1. The van der Waals surface area contributed by atoms with Gasteiger partial charge in [0.2, 0.25) is 0 Å². The van der Waals surface area contributed by atoms with Crippen LogP contribution in [-0.4, -0.2) is 33.6 Å². The van der Waals surface area contributed by atoms with Crippen LogP contribution in [0.1, 0.15) is 26.4 Å². The average Bonchev–Trinajstić information content (AvgIpc) is 3.22. The predicted molar refractivity (Wildman–Crippen MR) is 101 cm³/mol. The summed E-state index contributed by atoms with van der Waals surface area (Å²) < 4.78 is 1.40. The van der Waals surface area contributed by atoms with E-state index in [-0.39, 0.29) is 23.8 Å². The molecule has 0 radical (unpaired) electrons. The van der Waals surface area contributed by atoms with Crippen molar-refractivity contribution >= 4 is 17.5 Å². The number of nitro groups is 1. The molecule has 0 aliphatic carbocycles. The van der Waals surface area contributed by atoms with Gasteiger partial charge in [-0.05, 0) is 29.8 Å². The number of hydrogen-bond donors (Lipinski definition) is 2. The molecule has 1 aromatic heterocycles. The SMILES string of the molecule is CNC(=O)c1cccc(CNC(=O)c2ccn(-c3cccc([N+](=O)[O-])c3)n2)c1. The molecule has 9 nitrogen and oxygen atoms in total. The molecule has 1 heterocycles. The van der Waals surface area contributed by atoms with Gasteiger partial charge in [-0.2, -0.15) is 5.10 Å². The molecule has 0 saturated carbocycles. The van der Waals surface area contributed by atoms with E-state index in [2.05, 4.69) is 15.7 Å². The first-order chi connectivity index (χ1) is 13.5. The summed E-state index contributed by atoms with van der Waals surface area (Å²) in [5.74, 6) is -0.599. The van der Waals surface area contributed by atoms with Crippen LogP contribution in [-0.2, 0) is 6.54 Å². The van der Waals surface area contributed by atoms with Crippen LogP contribution in [0, 0.1) is 10.1 Å². The molecule has 0 aliphatic heterocycles. The standard InChI is InChI=1S/C19H17N5O4/c1-20-18(25)14-5-2-4-13(10-14)12-21-19(26)17-8-9-23(22-17)15-6-3-7-16(11-15)24(27)28/h2-11H,12H2,1H3,(H,20,25)(H,21,26). The fourth-order valence-electron chi connectivity index (χ4n) is 2.58. The molecule has 0 fully saturated rings. The van der Waals surface area contributed by atoms with Crippen molar-refractivity contribution in [2.45, 2.75) is 6.54 Å². The molecular weight excluding hydrogens is 362 g/mol. The van der Waals surface area contributed by atoms with Crippen LogP contribution in [0.5, 0.6) is 0 Å². The second-order valence-corrected chi connectivity index (χ2v) is 5.88. The first-order valence-electron chi connectivity index (χ1n) is 8.37. The Bertz CT molecular complexity index is 1040. The van der Waals surface area contributed by atoms with Gasteiger partial charge in [-0.15, -0.1) is 0 Å². The lowest BCUT2D eigenvalue weighted by Crippen LogP contribution is -2.24. The third-order valence-electron chi connectivity index (χ3n) is 4.00. The number of non-ortho nitro benzene ring substituents is 1. The fraction of sp³-hybridized carbons (Fsp3) is 0.105. The molecule has 0 spiro atoms. The zero-order chi connectivity index (χ0) is 20.1. The van der Waals surface area contributed by atoms with Crippen LogP contribution < -0.4 is 10.6 Å². The number of carbonyl (C=O) groups excluding carboxylic acids is 2. The molecule has 2 N–H and O–H groups in total. The largest absolute Gasteiger partial charge is 0.355 e. The Labute approximate surface area is 160 Å². The highest BCUT2D eigenvalue weighted by Gasteiger charge is 2.12. The molecule has 0 atom stereocenters. The van der Waals surface area contributed by atoms with Gasteiger partial charge in [0.15, 0.2) is 5.69 Å². The summed E-state index contributed by atoms with van der Waals surface area (Å²) in [7, 11) is 1.55. The average molecular weight is 379 g/mol. The first-order valence-corrected chi connectivity index (χ1v) is 8.37. The van der Waals surface area contributed by atoms with Gasteiger partial charge >= 0.3 is 0 Å². The molecule has 0 aliphatic rings. The Morgan fingerprint density at radius 2 is 1.89 bits per heavy atom. The second kappa shape index (κ2) is 8.12. The molecule has 0 unspecified atom stereocenters. The van der Waals surface area contributed by atoms with Crippen LogP contribution in [0.4, 0.5) is 5.69 Å². The zero-order valence-electron chi connectivity index (χ0n) is 15.0. The summed E-state index contributed by atoms with van der Waals surface area (Å²) in [5.41, 5.74) is 1.87. The van der Waals surface area contributed by atoms with Gasteiger partial charge in [-0.25, -0.2) is 4.68 Å². The van der Waals surface area contributed by atoms with E-state index in [1.54, 1.807) is 49.6 Å². The maximum absolute atomic E-state index is 12.3. The molecular formula is C19H17N5O4. The Kier molecular flexibility index (Phi) is 5.45. The van der Waals surface area contributed by atoms with Gasteiger partial charge in [0.05, 0.1) is 10.6 Å². The molecule has 2 aromatic carbocycles. The van der Waals surface area contributed by atoms with Crippen molar-refractivity contribution in [3.05, 3.63) is 87.7 Å². The van der Waals surface area contributed by atoms with Crippen molar-refractivity contribution in [3.63, 3.8) is 0 Å². The van der Waals surface area contributed by atoms with Crippen LogP contribution in [0.25, 0.3) is 5.69 Å². The van der Waals surface area contributed by atoms with Gasteiger partial charge in [-0.3, -0.25) is 19.7 Å². The highest BCUT2D eigenvalue weighted by molar-refractivity contribution is 5.94. The maximum atomic E-state index is 12.3. The number of amides is 2. The quantitative estimate of drug-likeness (QED) is 0.502. The summed E-state index contributed by atoms with van der Waals surface area (Å²) in [6.07, 6.45) is 1.56. The van der Waals surface area contributed by atoms with Crippen molar-refractivity contribution in [1.82, 2.24) is 20.4 Å². The van der Waals surface area contributed by atoms with E-state index >= 15 is 0 Å². The number of nitro benzene ring substituents is 1. The molecule has 3 aromatic rings. The van der Waals surface area contributed by atoms with Crippen molar-refractivity contribution in [2.24, 2.45) is 0 Å². The smallest absolute Gasteiger partial charge is 0.272 e. The van der Waals surface area contributed by atoms with E-state index in [0.717, 1.165) is 5.56 Å². The summed E-state index contributed by atoms with van der Waals surface area (Å²) in [6.45, 7) is 0.230. The number of rotatable bonds is 6. The highest BCUT2D eigenvalue weighted by atomic mass is 16.6. The second-order valence-electron chi connectivity index (χ2n) is 5.88. The monoisotopic (exact) mass is 379 g/mol. The number of aromatic nitrogens is 2. The molecule has 3 rings (SSSR count). The lowest BCUT2D eigenvalue weighted by Gasteiger charge is -2.06. The van der Waals surface area contributed by atoms with E-state index in [9.17, 15) is 19.7 Å². The zero-order valence-corrected chi connectivity index (χ0v) is 15.0. The topological polar surface area (TPSA) is 119 Å². The minimum atomic E-state index is -0.493. The summed E-state index contributed by atoms with van der Waals surface area (Å²) in [5, 5.41) is 20.3. The molecule has 142 valence electrons. The summed E-state index contributed by atoms with van der Waals surface area (Å²) in [6, 6.07) is 14.4. The van der Waals surface area contributed by atoms with Gasteiger partial charge in [0.1, 0.15) is 0 Å². The number of hydrogen-bond acceptors (Lipinski definition) is 5. The number of nitrogens with one attached hydrogen (secondary N) is 2. The third kappa shape index (κ3) is 4.21. The number of nitrogens with zero attached hydrogens (tertiary/aromatic N) is 3. The minimum Gasteiger partial charge on any atom is -0.355 e. The first kappa shape index (κ1) is 18.8. The number of carbonyl (C=O) groups is 2. The van der Waals surface area contributed by atoms with E-state index in [1.807, 2.05) is 0 Å². The highest BCUT2D eigenvalue weighted by Crippen LogP contribution is 2.16. The van der Waals surface area contributed by atoms with Crippen molar-refractivity contribution < 1.29 is 14.5 Å². The Hall–Kier alpha value is -4.01. The van der Waals surface area contributed by atoms with Crippen molar-refractivity contribution in [2.75, 3.05) is 7.05 Å². The Morgan fingerprint density at radius 3 is 2.64 bits per heavy atom. The van der Waals surface area contributed by atoms with Crippen LogP contribution >= 0.6 is 0 Å². The number of benzene rings is 2. The van der Waals surface area contributed by atoms with Crippen LogP contribution in [0.2, 0.25) is 0 Å². The molecule has 0 saturated heterocycles. The molecule has 2 amide bonds. The Morgan fingerprint density at radius 1 is 1.11 bits per heavy atom. The van der Waals surface area contributed by atoms with E-state index in [4.69, 9.17) is 0 Å². The lowest BCUT2D eigenvalue weighted by molar-refractivity contribution is -0.384. The van der Waals surface area contributed by atoms with Gasteiger partial charge in [0, 0.05) is 37.5 Å².